The second-order valence-corrected chi connectivity index (χ2v) is 6.96. The highest BCUT2D eigenvalue weighted by Gasteiger charge is 2.41. The van der Waals surface area contributed by atoms with Crippen molar-refractivity contribution in [2.24, 2.45) is 4.99 Å². The largest absolute Gasteiger partial charge is 0.494 e. The second kappa shape index (κ2) is 11.0. The predicted octanol–water partition coefficient (Wildman–Crippen LogP) is 3.51. The zero-order chi connectivity index (χ0) is 17.5. The maximum absolute atomic E-state index is 5.89. The molecule has 3 atom stereocenters. The molecule has 0 amide bonds. The molecule has 2 aliphatic heterocycles. The Morgan fingerprint density at radius 1 is 1.27 bits per heavy atom. The monoisotopic (exact) mass is 473 g/mol. The summed E-state index contributed by atoms with van der Waals surface area (Å²) in [7, 11) is 1.83. The van der Waals surface area contributed by atoms with Crippen LogP contribution in [0, 0.1) is 0 Å². The molecular formula is C20H32IN3O2. The first-order valence-corrected chi connectivity index (χ1v) is 9.63. The van der Waals surface area contributed by atoms with Gasteiger partial charge in [0.05, 0.1) is 24.9 Å². The summed E-state index contributed by atoms with van der Waals surface area (Å²) in [5, 5.41) is 6.93. The van der Waals surface area contributed by atoms with Crippen LogP contribution in [0.1, 0.15) is 44.6 Å². The van der Waals surface area contributed by atoms with E-state index in [0.29, 0.717) is 18.2 Å². The van der Waals surface area contributed by atoms with Gasteiger partial charge < -0.3 is 20.1 Å². The molecule has 0 radical (unpaired) electrons. The molecule has 2 N–H and O–H groups in total. The van der Waals surface area contributed by atoms with Crippen molar-refractivity contribution in [1.29, 1.82) is 0 Å². The molecule has 2 fully saturated rings. The lowest BCUT2D eigenvalue weighted by atomic mass is 9.96. The number of rotatable bonds is 8. The maximum Gasteiger partial charge on any atom is 0.191 e. The summed E-state index contributed by atoms with van der Waals surface area (Å²) in [6.07, 6.45) is 7.54. The van der Waals surface area contributed by atoms with Crippen LogP contribution in [0.25, 0.3) is 0 Å². The van der Waals surface area contributed by atoms with Gasteiger partial charge in [0, 0.05) is 13.6 Å². The van der Waals surface area contributed by atoms with Gasteiger partial charge in [0.1, 0.15) is 5.75 Å². The molecule has 2 saturated heterocycles. The highest BCUT2D eigenvalue weighted by Crippen LogP contribution is 2.34. The summed E-state index contributed by atoms with van der Waals surface area (Å²) < 4.78 is 11.6. The first-order valence-electron chi connectivity index (χ1n) is 9.63. The first-order chi connectivity index (χ1) is 12.3. The molecule has 2 heterocycles. The fourth-order valence-electron chi connectivity index (χ4n) is 3.57. The summed E-state index contributed by atoms with van der Waals surface area (Å²) in [5.41, 5.74) is 1.30. The van der Waals surface area contributed by atoms with Gasteiger partial charge in [0.15, 0.2) is 5.96 Å². The number of nitrogens with zero attached hydrogens (tertiary/aromatic N) is 1. The maximum atomic E-state index is 5.89. The van der Waals surface area contributed by atoms with E-state index >= 15 is 0 Å². The third kappa shape index (κ3) is 6.01. The Kier molecular flexibility index (Phi) is 8.98. The van der Waals surface area contributed by atoms with Crippen molar-refractivity contribution in [3.63, 3.8) is 0 Å². The van der Waals surface area contributed by atoms with Gasteiger partial charge in [0.25, 0.3) is 0 Å². The zero-order valence-corrected chi connectivity index (χ0v) is 18.2. The molecule has 0 spiro atoms. The van der Waals surface area contributed by atoms with Crippen LogP contribution in [0.3, 0.4) is 0 Å². The normalized spacial score (nSPS) is 24.2. The van der Waals surface area contributed by atoms with Crippen LogP contribution in [-0.4, -0.2) is 44.4 Å². The minimum Gasteiger partial charge on any atom is -0.494 e. The zero-order valence-electron chi connectivity index (χ0n) is 15.9. The van der Waals surface area contributed by atoms with E-state index in [2.05, 4.69) is 46.8 Å². The highest BCUT2D eigenvalue weighted by molar-refractivity contribution is 14.0. The van der Waals surface area contributed by atoms with E-state index in [1.165, 1.54) is 18.4 Å². The molecule has 0 aromatic heterocycles. The lowest BCUT2D eigenvalue weighted by Gasteiger charge is -2.22. The van der Waals surface area contributed by atoms with E-state index in [-0.39, 0.29) is 24.0 Å². The Labute approximate surface area is 174 Å². The quantitative estimate of drug-likeness (QED) is 0.263. The molecule has 3 unspecified atom stereocenters. The van der Waals surface area contributed by atoms with Crippen molar-refractivity contribution in [2.75, 3.05) is 20.2 Å². The molecule has 2 aliphatic rings. The third-order valence-corrected chi connectivity index (χ3v) is 5.05. The Morgan fingerprint density at radius 2 is 2.08 bits per heavy atom. The molecule has 6 heteroatoms. The topological polar surface area (TPSA) is 54.9 Å². The first kappa shape index (κ1) is 21.3. The number of hydrogen-bond donors (Lipinski definition) is 2. The number of fused-ring (bicyclic) bond motifs is 2. The van der Waals surface area contributed by atoms with Crippen LogP contribution in [0.2, 0.25) is 0 Å². The molecule has 1 aromatic rings. The molecule has 146 valence electrons. The summed E-state index contributed by atoms with van der Waals surface area (Å²) in [4.78, 5) is 4.34. The Bertz CT molecular complexity index is 565. The van der Waals surface area contributed by atoms with Gasteiger partial charge in [-0.05, 0) is 49.8 Å². The van der Waals surface area contributed by atoms with Crippen molar-refractivity contribution in [1.82, 2.24) is 10.6 Å². The van der Waals surface area contributed by atoms with Gasteiger partial charge in [-0.2, -0.15) is 0 Å². The standard InChI is InChI=1S/C20H31N3O2.HI/c1-3-4-13-24-16-7-5-15(6-8-16)11-12-22-20(21-2)23-18-14-17-9-10-19(18)25-17;/h5-8,17-19H,3-4,9-14H2,1-2H3,(H2,21,22,23);1H. The molecular weight excluding hydrogens is 441 g/mol. The molecule has 5 nitrogen and oxygen atoms in total. The molecule has 0 aliphatic carbocycles. The summed E-state index contributed by atoms with van der Waals surface area (Å²) >= 11 is 0. The van der Waals surface area contributed by atoms with E-state index in [1.54, 1.807) is 0 Å². The minimum atomic E-state index is 0. The summed E-state index contributed by atoms with van der Waals surface area (Å²) in [6, 6.07) is 8.81. The van der Waals surface area contributed by atoms with Crippen LogP contribution in [0.15, 0.2) is 29.3 Å². The van der Waals surface area contributed by atoms with Gasteiger partial charge in [-0.25, -0.2) is 0 Å². The van der Waals surface area contributed by atoms with Crippen LogP contribution in [-0.2, 0) is 11.2 Å². The summed E-state index contributed by atoms with van der Waals surface area (Å²) in [6.45, 7) is 3.83. The fraction of sp³-hybridized carbons (Fsp3) is 0.650. The smallest absolute Gasteiger partial charge is 0.191 e. The second-order valence-electron chi connectivity index (χ2n) is 6.96. The summed E-state index contributed by atoms with van der Waals surface area (Å²) in [5.74, 6) is 1.83. The minimum absolute atomic E-state index is 0. The lowest BCUT2D eigenvalue weighted by Crippen LogP contribution is -2.47. The lowest BCUT2D eigenvalue weighted by molar-refractivity contribution is 0.0992. The molecule has 3 rings (SSSR count). The van der Waals surface area contributed by atoms with Crippen molar-refractivity contribution in [3.05, 3.63) is 29.8 Å². The third-order valence-electron chi connectivity index (χ3n) is 5.05. The predicted molar refractivity (Wildman–Crippen MR) is 117 cm³/mol. The molecule has 26 heavy (non-hydrogen) atoms. The van der Waals surface area contributed by atoms with Crippen LogP contribution in [0.4, 0.5) is 0 Å². The van der Waals surface area contributed by atoms with Crippen LogP contribution < -0.4 is 15.4 Å². The number of ether oxygens (including phenoxy) is 2. The van der Waals surface area contributed by atoms with Gasteiger partial charge in [-0.3, -0.25) is 4.99 Å². The van der Waals surface area contributed by atoms with Crippen molar-refractivity contribution < 1.29 is 9.47 Å². The van der Waals surface area contributed by atoms with Crippen molar-refractivity contribution in [3.8, 4) is 5.75 Å². The Morgan fingerprint density at radius 3 is 2.69 bits per heavy atom. The van der Waals surface area contributed by atoms with E-state index < -0.39 is 0 Å². The van der Waals surface area contributed by atoms with Crippen LogP contribution >= 0.6 is 24.0 Å². The molecule has 1 aromatic carbocycles. The van der Waals surface area contributed by atoms with E-state index in [1.807, 2.05) is 7.05 Å². The number of hydrogen-bond acceptors (Lipinski definition) is 3. The van der Waals surface area contributed by atoms with Crippen molar-refractivity contribution >= 4 is 29.9 Å². The highest BCUT2D eigenvalue weighted by atomic mass is 127. The van der Waals surface area contributed by atoms with Gasteiger partial charge in [-0.1, -0.05) is 25.5 Å². The number of halogens is 1. The van der Waals surface area contributed by atoms with Crippen molar-refractivity contribution in [2.45, 2.75) is 63.7 Å². The van der Waals surface area contributed by atoms with E-state index in [4.69, 9.17) is 9.47 Å². The fourth-order valence-corrected chi connectivity index (χ4v) is 3.57. The van der Waals surface area contributed by atoms with E-state index in [0.717, 1.165) is 50.5 Å². The van der Waals surface area contributed by atoms with Crippen LogP contribution in [0.5, 0.6) is 5.75 Å². The van der Waals surface area contributed by atoms with Gasteiger partial charge >= 0.3 is 0 Å². The number of aliphatic imine (C=N–C) groups is 1. The average Bonchev–Trinajstić information content (AvgIpc) is 3.25. The molecule has 2 bridgehead atoms. The average molecular weight is 473 g/mol. The number of benzene rings is 1. The number of nitrogens with one attached hydrogen (secondary N) is 2. The van der Waals surface area contributed by atoms with E-state index in [9.17, 15) is 0 Å². The van der Waals surface area contributed by atoms with Gasteiger partial charge in [-0.15, -0.1) is 24.0 Å². The molecule has 0 saturated carbocycles. The number of guanidine groups is 1. The Hall–Kier alpha value is -1.02. The Balaban J connectivity index is 0.00000243. The SMILES string of the molecule is CCCCOc1ccc(CCNC(=NC)NC2CC3CCC2O3)cc1.I. The number of unbranched alkanes of at least 4 members (excludes halogenated alkanes) is 1. The van der Waals surface area contributed by atoms with Gasteiger partial charge in [0.2, 0.25) is 0 Å².